The van der Waals surface area contributed by atoms with Crippen molar-refractivity contribution in [1.29, 1.82) is 0 Å². The molecule has 2 aromatic carbocycles. The second-order valence-electron chi connectivity index (χ2n) is 8.25. The molecule has 0 amide bonds. The number of alkyl halides is 3. The van der Waals surface area contributed by atoms with Crippen molar-refractivity contribution in [2.24, 2.45) is 0 Å². The molecule has 6 heteroatoms. The first-order valence-electron chi connectivity index (χ1n) is 10.1. The number of hydrogen-bond acceptors (Lipinski definition) is 3. The highest BCUT2D eigenvalue weighted by atomic mass is 19.4. The number of aliphatic hydroxyl groups is 1. The highest BCUT2D eigenvalue weighted by Gasteiger charge is 2.47. The summed E-state index contributed by atoms with van der Waals surface area (Å²) < 4.78 is 44.6. The lowest BCUT2D eigenvalue weighted by molar-refractivity contribution is -0.139. The molecular formula is C23H26F3NO2. The first-order valence-corrected chi connectivity index (χ1v) is 10.1. The number of halogens is 3. The quantitative estimate of drug-likeness (QED) is 0.767. The third-order valence-corrected chi connectivity index (χ3v) is 6.41. The molecule has 3 nitrogen and oxygen atoms in total. The van der Waals surface area contributed by atoms with Gasteiger partial charge in [-0.15, -0.1) is 0 Å². The molecule has 0 spiro atoms. The zero-order chi connectivity index (χ0) is 20.6. The Morgan fingerprint density at radius 1 is 1.07 bits per heavy atom. The van der Waals surface area contributed by atoms with Gasteiger partial charge in [-0.3, -0.25) is 4.90 Å². The SMILES string of the molecule is COc1cc(C2(O)CC3CCCC(C2)N3Cc2ccccc2)ccc1C(F)(F)F. The first kappa shape index (κ1) is 20.2. The first-order chi connectivity index (χ1) is 13.8. The van der Waals surface area contributed by atoms with Crippen LogP contribution in [0.15, 0.2) is 48.5 Å². The van der Waals surface area contributed by atoms with E-state index in [4.69, 9.17) is 4.74 Å². The lowest BCUT2D eigenvalue weighted by Crippen LogP contribution is -2.56. The van der Waals surface area contributed by atoms with Crippen LogP contribution in [0.3, 0.4) is 0 Å². The Labute approximate surface area is 169 Å². The summed E-state index contributed by atoms with van der Waals surface area (Å²) in [4.78, 5) is 2.47. The molecule has 156 valence electrons. The molecular weight excluding hydrogens is 379 g/mol. The highest BCUT2D eigenvalue weighted by molar-refractivity contribution is 5.42. The van der Waals surface area contributed by atoms with Crippen molar-refractivity contribution in [3.05, 3.63) is 65.2 Å². The average molecular weight is 405 g/mol. The van der Waals surface area contributed by atoms with Gasteiger partial charge in [0.1, 0.15) is 5.75 Å². The summed E-state index contributed by atoms with van der Waals surface area (Å²) in [5.74, 6) is -0.236. The Bertz CT molecular complexity index is 839. The van der Waals surface area contributed by atoms with Gasteiger partial charge in [0.15, 0.2) is 0 Å². The van der Waals surface area contributed by atoms with Crippen LogP contribution in [0.25, 0.3) is 0 Å². The zero-order valence-electron chi connectivity index (χ0n) is 16.5. The largest absolute Gasteiger partial charge is 0.496 e. The van der Waals surface area contributed by atoms with Gasteiger partial charge < -0.3 is 9.84 Å². The summed E-state index contributed by atoms with van der Waals surface area (Å²) in [5, 5.41) is 11.5. The van der Waals surface area contributed by atoms with Gasteiger partial charge in [-0.1, -0.05) is 42.8 Å². The lowest BCUT2D eigenvalue weighted by Gasteiger charge is -2.52. The zero-order valence-corrected chi connectivity index (χ0v) is 16.5. The molecule has 2 aliphatic rings. The smallest absolute Gasteiger partial charge is 0.419 e. The lowest BCUT2D eigenvalue weighted by atomic mass is 9.72. The molecule has 2 aliphatic heterocycles. The van der Waals surface area contributed by atoms with Crippen LogP contribution in [0.5, 0.6) is 5.75 Å². The van der Waals surface area contributed by atoms with Crippen LogP contribution in [-0.2, 0) is 18.3 Å². The van der Waals surface area contributed by atoms with Crippen molar-refractivity contribution >= 4 is 0 Å². The van der Waals surface area contributed by atoms with Crippen molar-refractivity contribution in [1.82, 2.24) is 4.90 Å². The second kappa shape index (κ2) is 7.65. The van der Waals surface area contributed by atoms with Gasteiger partial charge in [-0.2, -0.15) is 13.2 Å². The Hall–Kier alpha value is -2.05. The van der Waals surface area contributed by atoms with Gasteiger partial charge in [-0.25, -0.2) is 0 Å². The molecule has 4 rings (SSSR count). The minimum Gasteiger partial charge on any atom is -0.496 e. The molecule has 2 atom stereocenters. The van der Waals surface area contributed by atoms with E-state index in [2.05, 4.69) is 17.0 Å². The van der Waals surface area contributed by atoms with Crippen LogP contribution in [0.1, 0.15) is 48.8 Å². The third kappa shape index (κ3) is 4.01. The van der Waals surface area contributed by atoms with E-state index in [0.29, 0.717) is 18.4 Å². The molecule has 29 heavy (non-hydrogen) atoms. The fourth-order valence-electron chi connectivity index (χ4n) is 5.02. The molecule has 0 aliphatic carbocycles. The number of nitrogens with zero attached hydrogens (tertiary/aromatic N) is 1. The normalized spacial score (nSPS) is 27.6. The van der Waals surface area contributed by atoms with Crippen LogP contribution < -0.4 is 4.74 Å². The van der Waals surface area contributed by atoms with E-state index in [1.165, 1.54) is 24.8 Å². The molecule has 2 bridgehead atoms. The summed E-state index contributed by atoms with van der Waals surface area (Å²) in [6.07, 6.45) is -0.350. The predicted molar refractivity (Wildman–Crippen MR) is 105 cm³/mol. The average Bonchev–Trinajstić information content (AvgIpc) is 2.68. The molecule has 0 aromatic heterocycles. The Morgan fingerprint density at radius 2 is 1.72 bits per heavy atom. The standard InChI is InChI=1S/C23H26F3NO2/c1-29-21-12-17(10-11-20(21)23(24,25)26)22(28)13-18-8-5-9-19(14-22)27(18)15-16-6-3-2-4-7-16/h2-4,6-7,10-12,18-19,28H,5,8-9,13-15H2,1H3. The number of ether oxygens (including phenoxy) is 1. The monoisotopic (exact) mass is 405 g/mol. The van der Waals surface area contributed by atoms with Gasteiger partial charge in [0.05, 0.1) is 18.3 Å². The Morgan fingerprint density at radius 3 is 2.31 bits per heavy atom. The van der Waals surface area contributed by atoms with E-state index < -0.39 is 17.3 Å². The molecule has 0 saturated carbocycles. The van der Waals surface area contributed by atoms with Crippen LogP contribution >= 0.6 is 0 Å². The van der Waals surface area contributed by atoms with Crippen molar-refractivity contribution in [2.75, 3.05) is 7.11 Å². The summed E-state index contributed by atoms with van der Waals surface area (Å²) in [5.41, 5.74) is -0.195. The molecule has 1 N–H and O–H groups in total. The van der Waals surface area contributed by atoms with Gasteiger partial charge in [0.2, 0.25) is 0 Å². The van der Waals surface area contributed by atoms with Crippen LogP contribution in [0, 0.1) is 0 Å². The summed E-state index contributed by atoms with van der Waals surface area (Å²) in [7, 11) is 1.23. The van der Waals surface area contributed by atoms with E-state index in [0.717, 1.165) is 31.9 Å². The number of rotatable bonds is 4. The van der Waals surface area contributed by atoms with E-state index in [9.17, 15) is 18.3 Å². The molecule has 2 fully saturated rings. The second-order valence-corrected chi connectivity index (χ2v) is 8.25. The van der Waals surface area contributed by atoms with Gasteiger partial charge in [0, 0.05) is 18.6 Å². The van der Waals surface area contributed by atoms with E-state index in [1.807, 2.05) is 18.2 Å². The van der Waals surface area contributed by atoms with Crippen LogP contribution in [0.2, 0.25) is 0 Å². The molecule has 2 heterocycles. The Kier molecular flexibility index (Phi) is 5.34. The topological polar surface area (TPSA) is 32.7 Å². The molecule has 2 aromatic rings. The number of hydrogen-bond donors (Lipinski definition) is 1. The third-order valence-electron chi connectivity index (χ3n) is 6.41. The highest BCUT2D eigenvalue weighted by Crippen LogP contribution is 2.46. The molecule has 0 radical (unpaired) electrons. The van der Waals surface area contributed by atoms with Crippen molar-refractivity contribution in [3.63, 3.8) is 0 Å². The summed E-state index contributed by atoms with van der Waals surface area (Å²) >= 11 is 0. The number of fused-ring (bicyclic) bond motifs is 2. The van der Waals surface area contributed by atoms with E-state index in [-0.39, 0.29) is 17.8 Å². The minimum atomic E-state index is -4.48. The predicted octanol–water partition coefficient (Wildman–Crippen LogP) is 5.12. The molecule has 2 unspecified atom stereocenters. The van der Waals surface area contributed by atoms with Gasteiger partial charge >= 0.3 is 6.18 Å². The minimum absolute atomic E-state index is 0.209. The fraction of sp³-hybridized carbons (Fsp3) is 0.478. The number of benzene rings is 2. The van der Waals surface area contributed by atoms with Crippen molar-refractivity contribution in [3.8, 4) is 5.75 Å². The number of methoxy groups -OCH3 is 1. The van der Waals surface area contributed by atoms with E-state index >= 15 is 0 Å². The van der Waals surface area contributed by atoms with Crippen molar-refractivity contribution < 1.29 is 23.0 Å². The van der Waals surface area contributed by atoms with Crippen LogP contribution in [-0.4, -0.2) is 29.2 Å². The van der Waals surface area contributed by atoms with Gasteiger partial charge in [0.25, 0.3) is 0 Å². The fourth-order valence-corrected chi connectivity index (χ4v) is 5.02. The maximum Gasteiger partial charge on any atom is 0.419 e. The Balaban J connectivity index is 1.60. The number of piperidine rings is 2. The van der Waals surface area contributed by atoms with Crippen molar-refractivity contribution in [2.45, 2.75) is 62.5 Å². The summed E-state index contributed by atoms with van der Waals surface area (Å²) in [6.45, 7) is 0.836. The maximum atomic E-state index is 13.2. The molecule has 2 saturated heterocycles. The van der Waals surface area contributed by atoms with Crippen LogP contribution in [0.4, 0.5) is 13.2 Å². The maximum absolute atomic E-state index is 13.2. The summed E-state index contributed by atoms with van der Waals surface area (Å²) in [6, 6.07) is 14.5. The van der Waals surface area contributed by atoms with Gasteiger partial charge in [-0.05, 0) is 48.9 Å². The van der Waals surface area contributed by atoms with E-state index in [1.54, 1.807) is 0 Å².